The lowest BCUT2D eigenvalue weighted by Crippen LogP contribution is -2.11. The summed E-state index contributed by atoms with van der Waals surface area (Å²) in [5.41, 5.74) is 3.54. The molecule has 3 aromatic rings. The van der Waals surface area contributed by atoms with Gasteiger partial charge in [-0.05, 0) is 43.7 Å². The van der Waals surface area contributed by atoms with Gasteiger partial charge in [-0.25, -0.2) is 4.68 Å². The molecule has 2 aromatic carbocycles. The fraction of sp³-hybridized carbons (Fsp3) is 0.318. The molecule has 1 N–H and O–H groups in total. The van der Waals surface area contributed by atoms with Gasteiger partial charge in [0, 0.05) is 30.2 Å². The summed E-state index contributed by atoms with van der Waals surface area (Å²) < 4.78 is 12.7. The number of nitrogens with one attached hydrogen (secondary N) is 1. The average Bonchev–Trinajstić information content (AvgIpc) is 3.16. The molecule has 0 saturated carbocycles. The molecule has 0 aliphatic carbocycles. The maximum atomic E-state index is 11.7. The van der Waals surface area contributed by atoms with Crippen LogP contribution in [0, 0.1) is 6.92 Å². The number of ether oxygens (including phenoxy) is 2. The Hall–Kier alpha value is -2.90. The molecule has 0 bridgehead atoms. The summed E-state index contributed by atoms with van der Waals surface area (Å²) in [6.07, 6.45) is 0.270. The van der Waals surface area contributed by atoms with Crippen LogP contribution < -0.4 is 10.1 Å². The second kappa shape index (κ2) is 10.8. The normalized spacial score (nSPS) is 10.8. The highest BCUT2D eigenvalue weighted by molar-refractivity contribution is 6.19. The molecule has 1 amide bonds. The fourth-order valence-corrected chi connectivity index (χ4v) is 3.04. The standard InChI is InChI=1S/C22H25ClN4O3/c1-3-29-14-15-30-22-25-21(19-7-5-4-6-16(19)2)27(26-22)18-10-8-17(9-11-18)24-20(28)12-13-23/h4-11H,3,12-15H2,1-2H3,(H,24,28). The van der Waals surface area contributed by atoms with Crippen LogP contribution in [0.3, 0.4) is 0 Å². The maximum Gasteiger partial charge on any atom is 0.336 e. The lowest BCUT2D eigenvalue weighted by atomic mass is 10.1. The summed E-state index contributed by atoms with van der Waals surface area (Å²) in [7, 11) is 0. The van der Waals surface area contributed by atoms with Crippen LogP contribution in [0.2, 0.25) is 0 Å². The van der Waals surface area contributed by atoms with Gasteiger partial charge < -0.3 is 14.8 Å². The molecule has 0 atom stereocenters. The molecule has 1 aromatic heterocycles. The number of carbonyl (C=O) groups is 1. The van der Waals surface area contributed by atoms with Crippen molar-refractivity contribution in [1.82, 2.24) is 14.8 Å². The Balaban J connectivity index is 1.89. The Kier molecular flexibility index (Phi) is 7.82. The molecule has 8 heteroatoms. The molecule has 0 aliphatic rings. The number of hydrogen-bond acceptors (Lipinski definition) is 5. The number of aromatic nitrogens is 3. The number of carbonyl (C=O) groups excluding carboxylic acids is 1. The lowest BCUT2D eigenvalue weighted by molar-refractivity contribution is -0.115. The molecule has 1 heterocycles. The zero-order valence-corrected chi connectivity index (χ0v) is 17.9. The fourth-order valence-electron chi connectivity index (χ4n) is 2.86. The lowest BCUT2D eigenvalue weighted by Gasteiger charge is -2.09. The molecule has 0 saturated heterocycles. The summed E-state index contributed by atoms with van der Waals surface area (Å²) in [6, 6.07) is 15.6. The van der Waals surface area contributed by atoms with Gasteiger partial charge in [0.15, 0.2) is 5.82 Å². The van der Waals surface area contributed by atoms with E-state index in [0.717, 1.165) is 16.8 Å². The zero-order chi connectivity index (χ0) is 21.3. The first-order chi connectivity index (χ1) is 14.6. The Morgan fingerprint density at radius 1 is 1.13 bits per heavy atom. The van der Waals surface area contributed by atoms with E-state index in [1.54, 1.807) is 4.68 Å². The van der Waals surface area contributed by atoms with E-state index in [1.807, 2.05) is 62.4 Å². The molecule has 158 valence electrons. The average molecular weight is 429 g/mol. The van der Waals surface area contributed by atoms with Crippen LogP contribution in [-0.4, -0.2) is 46.4 Å². The van der Waals surface area contributed by atoms with Crippen molar-refractivity contribution < 1.29 is 14.3 Å². The van der Waals surface area contributed by atoms with E-state index in [2.05, 4.69) is 15.4 Å². The summed E-state index contributed by atoms with van der Waals surface area (Å²) >= 11 is 5.61. The van der Waals surface area contributed by atoms with Crippen molar-refractivity contribution in [2.45, 2.75) is 20.3 Å². The van der Waals surface area contributed by atoms with Crippen molar-refractivity contribution in [1.29, 1.82) is 0 Å². The molecule has 30 heavy (non-hydrogen) atoms. The summed E-state index contributed by atoms with van der Waals surface area (Å²) in [5.74, 6) is 0.844. The van der Waals surface area contributed by atoms with E-state index in [4.69, 9.17) is 21.1 Å². The van der Waals surface area contributed by atoms with E-state index < -0.39 is 0 Å². The summed E-state index contributed by atoms with van der Waals surface area (Å²) in [6.45, 7) is 5.44. The van der Waals surface area contributed by atoms with Gasteiger partial charge in [0.1, 0.15) is 6.61 Å². The summed E-state index contributed by atoms with van der Waals surface area (Å²) in [5, 5.41) is 7.35. The molecule has 0 spiro atoms. The van der Waals surface area contributed by atoms with Crippen LogP contribution in [0.5, 0.6) is 6.01 Å². The molecule has 7 nitrogen and oxygen atoms in total. The van der Waals surface area contributed by atoms with E-state index in [-0.39, 0.29) is 24.2 Å². The molecule has 0 radical (unpaired) electrons. The highest BCUT2D eigenvalue weighted by atomic mass is 35.5. The second-order valence-corrected chi connectivity index (χ2v) is 6.90. The quantitative estimate of drug-likeness (QED) is 0.386. The number of aryl methyl sites for hydroxylation is 1. The van der Waals surface area contributed by atoms with Crippen molar-refractivity contribution in [3.05, 3.63) is 54.1 Å². The maximum absolute atomic E-state index is 11.7. The molecule has 0 fully saturated rings. The van der Waals surface area contributed by atoms with Crippen molar-refractivity contribution in [2.24, 2.45) is 0 Å². The minimum absolute atomic E-state index is 0.121. The topological polar surface area (TPSA) is 78.3 Å². The number of amides is 1. The smallest absolute Gasteiger partial charge is 0.336 e. The minimum Gasteiger partial charge on any atom is -0.460 e. The van der Waals surface area contributed by atoms with Crippen LogP contribution >= 0.6 is 11.6 Å². The van der Waals surface area contributed by atoms with Crippen molar-refractivity contribution in [3.8, 4) is 23.1 Å². The number of anilines is 1. The zero-order valence-electron chi connectivity index (χ0n) is 17.1. The van der Waals surface area contributed by atoms with Gasteiger partial charge >= 0.3 is 6.01 Å². The predicted octanol–water partition coefficient (Wildman–Crippen LogP) is 4.23. The Morgan fingerprint density at radius 3 is 2.60 bits per heavy atom. The van der Waals surface area contributed by atoms with Gasteiger partial charge in [-0.1, -0.05) is 24.3 Å². The van der Waals surface area contributed by atoms with Gasteiger partial charge in [0.25, 0.3) is 0 Å². The minimum atomic E-state index is -0.121. The molecule has 0 unspecified atom stereocenters. The van der Waals surface area contributed by atoms with Gasteiger partial charge in [0.2, 0.25) is 5.91 Å². The van der Waals surface area contributed by atoms with Gasteiger partial charge in [-0.15, -0.1) is 16.7 Å². The molecular weight excluding hydrogens is 404 g/mol. The van der Waals surface area contributed by atoms with Gasteiger partial charge in [0.05, 0.1) is 12.3 Å². The molecule has 3 rings (SSSR count). The molecular formula is C22H25ClN4O3. The number of benzene rings is 2. The van der Waals surface area contributed by atoms with Crippen LogP contribution in [0.4, 0.5) is 5.69 Å². The number of alkyl halides is 1. The van der Waals surface area contributed by atoms with Crippen LogP contribution in [0.25, 0.3) is 17.1 Å². The monoisotopic (exact) mass is 428 g/mol. The van der Waals surface area contributed by atoms with Gasteiger partial charge in [-0.3, -0.25) is 4.79 Å². The third kappa shape index (κ3) is 5.58. The predicted molar refractivity (Wildman–Crippen MR) is 117 cm³/mol. The Labute approximate surface area is 181 Å². The number of nitrogens with zero attached hydrogens (tertiary/aromatic N) is 3. The van der Waals surface area contributed by atoms with Crippen LogP contribution in [-0.2, 0) is 9.53 Å². The third-order valence-corrected chi connectivity index (χ3v) is 4.54. The number of rotatable bonds is 10. The van der Waals surface area contributed by atoms with E-state index >= 15 is 0 Å². The van der Waals surface area contributed by atoms with Crippen molar-refractivity contribution in [3.63, 3.8) is 0 Å². The summed E-state index contributed by atoms with van der Waals surface area (Å²) in [4.78, 5) is 16.3. The third-order valence-electron chi connectivity index (χ3n) is 4.35. The Morgan fingerprint density at radius 2 is 1.90 bits per heavy atom. The largest absolute Gasteiger partial charge is 0.460 e. The van der Waals surface area contributed by atoms with Crippen molar-refractivity contribution in [2.75, 3.05) is 31.0 Å². The SMILES string of the molecule is CCOCCOc1nc(-c2ccccc2C)n(-c2ccc(NC(=O)CCCl)cc2)n1. The first kappa shape index (κ1) is 21.8. The van der Waals surface area contributed by atoms with Crippen LogP contribution in [0.1, 0.15) is 18.9 Å². The number of halogens is 1. The first-order valence-corrected chi connectivity index (χ1v) is 10.4. The van der Waals surface area contributed by atoms with Crippen LogP contribution in [0.15, 0.2) is 48.5 Å². The number of hydrogen-bond donors (Lipinski definition) is 1. The van der Waals surface area contributed by atoms with E-state index in [9.17, 15) is 4.79 Å². The van der Waals surface area contributed by atoms with Gasteiger partial charge in [-0.2, -0.15) is 4.98 Å². The van der Waals surface area contributed by atoms with E-state index in [0.29, 0.717) is 31.3 Å². The molecule has 0 aliphatic heterocycles. The van der Waals surface area contributed by atoms with E-state index in [1.165, 1.54) is 0 Å². The Bertz CT molecular complexity index is 973. The van der Waals surface area contributed by atoms with Crippen molar-refractivity contribution >= 4 is 23.2 Å². The highest BCUT2D eigenvalue weighted by Crippen LogP contribution is 2.26. The highest BCUT2D eigenvalue weighted by Gasteiger charge is 2.16. The first-order valence-electron chi connectivity index (χ1n) is 9.82. The second-order valence-electron chi connectivity index (χ2n) is 6.52.